The minimum Gasteiger partial charge on any atom is -0.195 e. The maximum atomic E-state index is 12.5. The quantitative estimate of drug-likeness (QED) is 0.702. The number of halogens is 1. The molecule has 0 aromatic carbocycles. The molecule has 0 bridgehead atoms. The maximum Gasteiger partial charge on any atom is 0.282 e. The summed E-state index contributed by atoms with van der Waals surface area (Å²) in [5.41, 5.74) is 0. The molecule has 1 fully saturated rings. The van der Waals surface area contributed by atoms with E-state index in [0.717, 1.165) is 31.0 Å². The van der Waals surface area contributed by atoms with E-state index < -0.39 is 10.2 Å². The highest BCUT2D eigenvalue weighted by Gasteiger charge is 2.33. The highest BCUT2D eigenvalue weighted by Crippen LogP contribution is 2.22. The van der Waals surface area contributed by atoms with Crippen LogP contribution in [0.25, 0.3) is 0 Å². The van der Waals surface area contributed by atoms with Gasteiger partial charge in [-0.2, -0.15) is 17.0 Å². The second kappa shape index (κ2) is 7.07. The molecule has 0 aliphatic carbocycles. The Labute approximate surface area is 114 Å². The van der Waals surface area contributed by atoms with Gasteiger partial charge in [-0.15, -0.1) is 0 Å². The minimum absolute atomic E-state index is 0.145. The molecule has 1 rings (SSSR count). The minimum atomic E-state index is -3.25. The molecule has 6 heteroatoms. The number of hydrogen-bond donors (Lipinski definition) is 0. The second-order valence-electron chi connectivity index (χ2n) is 4.50. The maximum absolute atomic E-state index is 12.5. The first-order valence-electron chi connectivity index (χ1n) is 6.37. The van der Waals surface area contributed by atoms with Crippen LogP contribution in [-0.2, 0) is 10.2 Å². The van der Waals surface area contributed by atoms with Crippen molar-refractivity contribution in [3.63, 3.8) is 0 Å². The molecule has 17 heavy (non-hydrogen) atoms. The van der Waals surface area contributed by atoms with E-state index in [1.807, 2.05) is 13.8 Å². The molecule has 0 N–H and O–H groups in total. The molecule has 1 saturated heterocycles. The van der Waals surface area contributed by atoms with Gasteiger partial charge in [-0.3, -0.25) is 0 Å². The van der Waals surface area contributed by atoms with Crippen LogP contribution in [0.1, 0.15) is 39.5 Å². The van der Waals surface area contributed by atoms with Crippen LogP contribution in [0.2, 0.25) is 0 Å². The van der Waals surface area contributed by atoms with Gasteiger partial charge in [0, 0.05) is 31.0 Å². The zero-order valence-electron chi connectivity index (χ0n) is 10.7. The van der Waals surface area contributed by atoms with Gasteiger partial charge in [0.15, 0.2) is 0 Å². The van der Waals surface area contributed by atoms with Gasteiger partial charge in [0.1, 0.15) is 0 Å². The van der Waals surface area contributed by atoms with Crippen LogP contribution < -0.4 is 0 Å². The van der Waals surface area contributed by atoms with E-state index in [2.05, 4.69) is 15.9 Å². The highest BCUT2D eigenvalue weighted by atomic mass is 79.9. The summed E-state index contributed by atoms with van der Waals surface area (Å²) in [7, 11) is -3.25. The molecule has 1 aliphatic rings. The van der Waals surface area contributed by atoms with Gasteiger partial charge in [-0.1, -0.05) is 29.3 Å². The lowest BCUT2D eigenvalue weighted by Gasteiger charge is -2.36. The van der Waals surface area contributed by atoms with Crippen molar-refractivity contribution in [2.45, 2.75) is 45.6 Å². The predicted molar refractivity (Wildman–Crippen MR) is 74.6 cm³/mol. The monoisotopic (exact) mass is 326 g/mol. The zero-order chi connectivity index (χ0) is 12.9. The van der Waals surface area contributed by atoms with Crippen LogP contribution >= 0.6 is 15.9 Å². The molecule has 1 atom stereocenters. The van der Waals surface area contributed by atoms with Crippen molar-refractivity contribution < 1.29 is 8.42 Å². The van der Waals surface area contributed by atoms with Crippen LogP contribution in [0.3, 0.4) is 0 Å². The Morgan fingerprint density at radius 2 is 2.12 bits per heavy atom. The van der Waals surface area contributed by atoms with Crippen LogP contribution in [-0.4, -0.2) is 48.0 Å². The predicted octanol–water partition coefficient (Wildman–Crippen LogP) is 2.21. The van der Waals surface area contributed by atoms with Gasteiger partial charge in [0.2, 0.25) is 0 Å². The zero-order valence-corrected chi connectivity index (χ0v) is 13.1. The third-order valence-electron chi connectivity index (χ3n) is 3.26. The summed E-state index contributed by atoms with van der Waals surface area (Å²) in [6.45, 7) is 5.75. The molecule has 1 heterocycles. The summed E-state index contributed by atoms with van der Waals surface area (Å²) in [6.07, 6.45) is 3.96. The molecule has 0 saturated carbocycles. The first-order chi connectivity index (χ1) is 8.04. The molecule has 0 aromatic rings. The standard InChI is InChI=1S/C11H23BrN2O2S/c1-3-13(9-6-8-12)17(15,16)14-10-5-4-7-11(14)2/h11H,3-10H2,1-2H3. The first-order valence-corrected chi connectivity index (χ1v) is 8.88. The number of alkyl halides is 1. The van der Waals surface area contributed by atoms with E-state index in [4.69, 9.17) is 0 Å². The summed E-state index contributed by atoms with van der Waals surface area (Å²) in [6, 6.07) is 0.145. The largest absolute Gasteiger partial charge is 0.282 e. The lowest BCUT2D eigenvalue weighted by molar-refractivity contribution is 0.245. The Morgan fingerprint density at radius 3 is 2.65 bits per heavy atom. The van der Waals surface area contributed by atoms with Crippen molar-refractivity contribution in [2.24, 2.45) is 0 Å². The van der Waals surface area contributed by atoms with E-state index in [9.17, 15) is 8.42 Å². The molecule has 1 aliphatic heterocycles. The molecule has 0 aromatic heterocycles. The summed E-state index contributed by atoms with van der Waals surface area (Å²) < 4.78 is 28.2. The molecular weight excluding hydrogens is 304 g/mol. The first kappa shape index (κ1) is 15.4. The van der Waals surface area contributed by atoms with Crippen molar-refractivity contribution in [1.82, 2.24) is 8.61 Å². The molecule has 0 spiro atoms. The Balaban J connectivity index is 2.75. The average Bonchev–Trinajstić information content (AvgIpc) is 2.30. The van der Waals surface area contributed by atoms with Crippen molar-refractivity contribution in [1.29, 1.82) is 0 Å². The van der Waals surface area contributed by atoms with Crippen molar-refractivity contribution in [3.05, 3.63) is 0 Å². The van der Waals surface area contributed by atoms with Gasteiger partial charge < -0.3 is 0 Å². The molecule has 1 unspecified atom stereocenters. The summed E-state index contributed by atoms with van der Waals surface area (Å²) >= 11 is 3.35. The molecule has 4 nitrogen and oxygen atoms in total. The third-order valence-corrected chi connectivity index (χ3v) is 6.05. The topological polar surface area (TPSA) is 40.6 Å². The Kier molecular flexibility index (Phi) is 6.40. The SMILES string of the molecule is CCN(CCCBr)S(=O)(=O)N1CCCCC1C. The summed E-state index contributed by atoms with van der Waals surface area (Å²) in [5, 5.41) is 0.842. The average molecular weight is 327 g/mol. The second-order valence-corrected chi connectivity index (χ2v) is 7.17. The van der Waals surface area contributed by atoms with Crippen molar-refractivity contribution >= 4 is 26.1 Å². The number of piperidine rings is 1. The van der Waals surface area contributed by atoms with Gasteiger partial charge in [0.05, 0.1) is 0 Å². The molecule has 0 amide bonds. The van der Waals surface area contributed by atoms with Gasteiger partial charge in [-0.25, -0.2) is 0 Å². The fourth-order valence-electron chi connectivity index (χ4n) is 2.24. The smallest absolute Gasteiger partial charge is 0.195 e. The van der Waals surface area contributed by atoms with E-state index in [-0.39, 0.29) is 6.04 Å². The number of hydrogen-bond acceptors (Lipinski definition) is 2. The van der Waals surface area contributed by atoms with Crippen LogP contribution in [0.5, 0.6) is 0 Å². The van der Waals surface area contributed by atoms with Gasteiger partial charge in [0.25, 0.3) is 10.2 Å². The van der Waals surface area contributed by atoms with Gasteiger partial charge >= 0.3 is 0 Å². The van der Waals surface area contributed by atoms with Gasteiger partial charge in [-0.05, 0) is 26.2 Å². The number of nitrogens with zero attached hydrogens (tertiary/aromatic N) is 2. The summed E-state index contributed by atoms with van der Waals surface area (Å²) in [5.74, 6) is 0. The number of rotatable bonds is 6. The Bertz CT molecular complexity index is 321. The van der Waals surface area contributed by atoms with E-state index in [1.165, 1.54) is 0 Å². The van der Waals surface area contributed by atoms with E-state index in [0.29, 0.717) is 19.6 Å². The van der Waals surface area contributed by atoms with Crippen molar-refractivity contribution in [3.8, 4) is 0 Å². The Morgan fingerprint density at radius 1 is 1.41 bits per heavy atom. The van der Waals surface area contributed by atoms with Crippen LogP contribution in [0, 0.1) is 0 Å². The lowest BCUT2D eigenvalue weighted by atomic mass is 10.1. The van der Waals surface area contributed by atoms with E-state index >= 15 is 0 Å². The summed E-state index contributed by atoms with van der Waals surface area (Å²) in [4.78, 5) is 0. The Hall–Kier alpha value is 0.350. The highest BCUT2D eigenvalue weighted by molar-refractivity contribution is 9.09. The fourth-order valence-corrected chi connectivity index (χ4v) is 4.39. The lowest BCUT2D eigenvalue weighted by Crippen LogP contribution is -2.49. The molecule has 0 radical (unpaired) electrons. The van der Waals surface area contributed by atoms with E-state index in [1.54, 1.807) is 8.61 Å². The molecular formula is C11H23BrN2O2S. The van der Waals surface area contributed by atoms with Crippen LogP contribution in [0.15, 0.2) is 0 Å². The fraction of sp³-hybridized carbons (Fsp3) is 1.00. The van der Waals surface area contributed by atoms with Crippen molar-refractivity contribution in [2.75, 3.05) is 25.0 Å². The van der Waals surface area contributed by atoms with Crippen LogP contribution in [0.4, 0.5) is 0 Å². The molecule has 102 valence electrons. The third kappa shape index (κ3) is 3.91. The normalized spacial score (nSPS) is 23.2.